The van der Waals surface area contributed by atoms with E-state index in [4.69, 9.17) is 4.74 Å². The van der Waals surface area contributed by atoms with Crippen molar-refractivity contribution >= 4 is 22.6 Å². The highest BCUT2D eigenvalue weighted by Gasteiger charge is 2.27. The number of hydrogen-bond acceptors (Lipinski definition) is 3. The molecule has 0 spiro atoms. The van der Waals surface area contributed by atoms with Gasteiger partial charge in [0, 0.05) is 30.2 Å². The first-order valence-corrected chi connectivity index (χ1v) is 8.64. The summed E-state index contributed by atoms with van der Waals surface area (Å²) < 4.78 is 5.51. The number of ether oxygens (including phenoxy) is 1. The average Bonchev–Trinajstić information content (AvgIpc) is 2.54. The minimum Gasteiger partial charge on any atom is -0.444 e. The Hall–Kier alpha value is -2.23. The summed E-state index contributed by atoms with van der Waals surface area (Å²) >= 11 is 0. The number of fused-ring (bicyclic) bond motifs is 1. The highest BCUT2D eigenvalue weighted by atomic mass is 16.6. The highest BCUT2D eigenvalue weighted by Crippen LogP contribution is 2.25. The fraction of sp³-hybridized carbons (Fsp3) is 0.450. The molecule has 2 aromatic rings. The minimum absolute atomic E-state index is 0.216. The SMILES string of the molecule is CC(C)(C)OC(=O)N1CCCC(Nc2cccc3ccccc23)C1. The lowest BCUT2D eigenvalue weighted by Crippen LogP contribution is -2.47. The zero-order chi connectivity index (χ0) is 17.2. The van der Waals surface area contributed by atoms with Crippen LogP contribution in [0, 0.1) is 0 Å². The number of amides is 1. The topological polar surface area (TPSA) is 41.6 Å². The second-order valence-electron chi connectivity index (χ2n) is 7.44. The van der Waals surface area contributed by atoms with Crippen LogP contribution in [0.15, 0.2) is 42.5 Å². The van der Waals surface area contributed by atoms with Gasteiger partial charge in [0.05, 0.1) is 0 Å². The molecule has 24 heavy (non-hydrogen) atoms. The molecule has 1 aliphatic rings. The normalized spacial score (nSPS) is 18.5. The van der Waals surface area contributed by atoms with E-state index in [9.17, 15) is 4.79 Å². The van der Waals surface area contributed by atoms with Crippen molar-refractivity contribution in [2.75, 3.05) is 18.4 Å². The van der Waals surface area contributed by atoms with E-state index in [1.807, 2.05) is 25.7 Å². The van der Waals surface area contributed by atoms with Crippen LogP contribution in [0.25, 0.3) is 10.8 Å². The zero-order valence-corrected chi connectivity index (χ0v) is 14.7. The third-order valence-corrected chi connectivity index (χ3v) is 4.22. The fourth-order valence-corrected chi connectivity index (χ4v) is 3.16. The standard InChI is InChI=1S/C20H26N2O2/c1-20(2,3)24-19(23)22-13-7-10-16(14-22)21-18-12-6-9-15-8-4-5-11-17(15)18/h4-6,8-9,11-12,16,21H,7,10,13-14H2,1-3H3. The molecule has 0 saturated carbocycles. The van der Waals surface area contributed by atoms with E-state index in [-0.39, 0.29) is 12.1 Å². The summed E-state index contributed by atoms with van der Waals surface area (Å²) in [4.78, 5) is 14.1. The third-order valence-electron chi connectivity index (χ3n) is 4.22. The molecule has 1 unspecified atom stereocenters. The van der Waals surface area contributed by atoms with Crippen molar-refractivity contribution in [3.05, 3.63) is 42.5 Å². The van der Waals surface area contributed by atoms with E-state index in [0.717, 1.165) is 25.1 Å². The predicted molar refractivity (Wildman–Crippen MR) is 98.4 cm³/mol. The number of hydrogen-bond donors (Lipinski definition) is 1. The van der Waals surface area contributed by atoms with Crippen molar-refractivity contribution in [3.63, 3.8) is 0 Å². The van der Waals surface area contributed by atoms with Gasteiger partial charge in [-0.3, -0.25) is 0 Å². The summed E-state index contributed by atoms with van der Waals surface area (Å²) in [6.07, 6.45) is 1.83. The number of nitrogens with zero attached hydrogens (tertiary/aromatic N) is 1. The molecule has 0 aromatic heterocycles. The third kappa shape index (κ3) is 3.99. The molecular weight excluding hydrogens is 300 g/mol. The number of likely N-dealkylation sites (tertiary alicyclic amines) is 1. The molecule has 1 heterocycles. The van der Waals surface area contributed by atoms with Gasteiger partial charge >= 0.3 is 6.09 Å². The molecule has 128 valence electrons. The van der Waals surface area contributed by atoms with E-state index < -0.39 is 5.60 Å². The molecule has 2 aromatic carbocycles. The molecule has 1 aliphatic heterocycles. The Bertz CT molecular complexity index is 716. The lowest BCUT2D eigenvalue weighted by molar-refractivity contribution is 0.0206. The number of piperidine rings is 1. The van der Waals surface area contributed by atoms with Crippen molar-refractivity contribution in [2.45, 2.75) is 45.3 Å². The van der Waals surface area contributed by atoms with Gasteiger partial charge in [0.25, 0.3) is 0 Å². The number of anilines is 1. The number of carbonyl (C=O) groups is 1. The molecule has 3 rings (SSSR count). The van der Waals surface area contributed by atoms with E-state index in [0.29, 0.717) is 6.54 Å². The summed E-state index contributed by atoms with van der Waals surface area (Å²) in [6.45, 7) is 7.16. The van der Waals surface area contributed by atoms with E-state index in [2.05, 4.69) is 47.8 Å². The maximum atomic E-state index is 12.3. The van der Waals surface area contributed by atoms with Crippen molar-refractivity contribution in [1.82, 2.24) is 4.90 Å². The smallest absolute Gasteiger partial charge is 0.410 e. The molecule has 1 fully saturated rings. The second-order valence-corrected chi connectivity index (χ2v) is 7.44. The molecule has 1 saturated heterocycles. The summed E-state index contributed by atoms with van der Waals surface area (Å²) in [5.41, 5.74) is 0.678. The first-order valence-electron chi connectivity index (χ1n) is 8.64. The maximum Gasteiger partial charge on any atom is 0.410 e. The monoisotopic (exact) mass is 326 g/mol. The summed E-state index contributed by atoms with van der Waals surface area (Å²) in [7, 11) is 0. The quantitative estimate of drug-likeness (QED) is 0.873. The predicted octanol–water partition coefficient (Wildman–Crippen LogP) is 4.65. The Kier molecular flexibility index (Phi) is 4.65. The summed E-state index contributed by atoms with van der Waals surface area (Å²) in [6, 6.07) is 14.9. The number of rotatable bonds is 2. The molecule has 1 amide bonds. The second kappa shape index (κ2) is 6.71. The van der Waals surface area contributed by atoms with Crippen molar-refractivity contribution in [1.29, 1.82) is 0 Å². The van der Waals surface area contributed by atoms with Gasteiger partial charge < -0.3 is 15.0 Å². The fourth-order valence-electron chi connectivity index (χ4n) is 3.16. The molecule has 0 radical (unpaired) electrons. The molecule has 1 N–H and O–H groups in total. The molecular formula is C20H26N2O2. The summed E-state index contributed by atoms with van der Waals surface area (Å²) in [5, 5.41) is 6.06. The Morgan fingerprint density at radius 1 is 1.17 bits per heavy atom. The van der Waals surface area contributed by atoms with Crippen LogP contribution in [0.2, 0.25) is 0 Å². The van der Waals surface area contributed by atoms with E-state index in [1.165, 1.54) is 10.8 Å². The first kappa shape index (κ1) is 16.6. The van der Waals surface area contributed by atoms with Gasteiger partial charge in [-0.25, -0.2) is 4.79 Å². The molecule has 4 heteroatoms. The van der Waals surface area contributed by atoms with Crippen LogP contribution < -0.4 is 5.32 Å². The molecule has 1 atom stereocenters. The van der Waals surface area contributed by atoms with E-state index >= 15 is 0 Å². The first-order chi connectivity index (χ1) is 11.4. The zero-order valence-electron chi connectivity index (χ0n) is 14.7. The Morgan fingerprint density at radius 2 is 1.92 bits per heavy atom. The van der Waals surface area contributed by atoms with Crippen molar-refractivity contribution in [3.8, 4) is 0 Å². The van der Waals surface area contributed by atoms with Gasteiger partial charge in [0.2, 0.25) is 0 Å². The molecule has 0 bridgehead atoms. The largest absolute Gasteiger partial charge is 0.444 e. The Balaban J connectivity index is 1.70. The van der Waals surface area contributed by atoms with Gasteiger partial charge in [-0.15, -0.1) is 0 Å². The molecule has 0 aliphatic carbocycles. The van der Waals surface area contributed by atoms with Crippen LogP contribution >= 0.6 is 0 Å². The number of carbonyl (C=O) groups excluding carboxylic acids is 1. The lowest BCUT2D eigenvalue weighted by Gasteiger charge is -2.35. The van der Waals surface area contributed by atoms with Crippen LogP contribution in [-0.2, 0) is 4.74 Å². The van der Waals surface area contributed by atoms with Gasteiger partial charge in [-0.1, -0.05) is 36.4 Å². The van der Waals surface area contributed by atoms with Gasteiger partial charge in [-0.05, 0) is 45.1 Å². The van der Waals surface area contributed by atoms with Gasteiger partial charge in [0.1, 0.15) is 5.60 Å². The van der Waals surface area contributed by atoms with E-state index in [1.54, 1.807) is 0 Å². The van der Waals surface area contributed by atoms with Gasteiger partial charge in [-0.2, -0.15) is 0 Å². The van der Waals surface area contributed by atoms with Gasteiger partial charge in [0.15, 0.2) is 0 Å². The minimum atomic E-state index is -0.451. The number of nitrogens with one attached hydrogen (secondary N) is 1. The van der Waals surface area contributed by atoms with Crippen LogP contribution in [0.4, 0.5) is 10.5 Å². The average molecular weight is 326 g/mol. The Morgan fingerprint density at radius 3 is 2.71 bits per heavy atom. The Labute approximate surface area is 143 Å². The van der Waals surface area contributed by atoms with Crippen LogP contribution in [0.1, 0.15) is 33.6 Å². The van der Waals surface area contributed by atoms with Crippen LogP contribution in [-0.4, -0.2) is 35.7 Å². The lowest BCUT2D eigenvalue weighted by atomic mass is 10.0. The summed E-state index contributed by atoms with van der Waals surface area (Å²) in [5.74, 6) is 0. The molecule has 4 nitrogen and oxygen atoms in total. The maximum absolute atomic E-state index is 12.3. The van der Waals surface area contributed by atoms with Crippen LogP contribution in [0.5, 0.6) is 0 Å². The van der Waals surface area contributed by atoms with Crippen molar-refractivity contribution < 1.29 is 9.53 Å². The number of benzene rings is 2. The highest BCUT2D eigenvalue weighted by molar-refractivity contribution is 5.93. The van der Waals surface area contributed by atoms with Crippen LogP contribution in [0.3, 0.4) is 0 Å². The van der Waals surface area contributed by atoms with Crippen molar-refractivity contribution in [2.24, 2.45) is 0 Å².